The van der Waals surface area contributed by atoms with E-state index in [9.17, 15) is 40.3 Å². The number of ether oxygens (including phenoxy) is 1. The molecule has 0 aromatic heterocycles. The summed E-state index contributed by atoms with van der Waals surface area (Å²) in [7, 11) is -9.16. The van der Waals surface area contributed by atoms with E-state index >= 15 is 0 Å². The van der Waals surface area contributed by atoms with Gasteiger partial charge in [-0.2, -0.15) is 16.8 Å². The average Bonchev–Trinajstić information content (AvgIpc) is 3.64. The first-order valence-corrected chi connectivity index (χ1v) is 23.2. The molecule has 3 atom stereocenters. The lowest BCUT2D eigenvalue weighted by molar-refractivity contribution is -0.197. The molecule has 5 heterocycles. The van der Waals surface area contributed by atoms with E-state index in [4.69, 9.17) is 14.6 Å². The topological polar surface area (TPSA) is 213 Å². The monoisotopic (exact) mass is 855 g/mol. The lowest BCUT2D eigenvalue weighted by atomic mass is 9.79. The molecule has 1 fully saturated rings. The molecular formula is C41H53N5O11S2. The molecule has 59 heavy (non-hydrogen) atoms. The zero-order valence-electron chi connectivity index (χ0n) is 34.3. The Balaban J connectivity index is 1.33. The summed E-state index contributed by atoms with van der Waals surface area (Å²) in [5.41, 5.74) is 2.25. The molecule has 0 bridgehead atoms. The van der Waals surface area contributed by atoms with Gasteiger partial charge in [-0.15, -0.1) is 5.06 Å². The Hall–Kier alpha value is -4.52. The number of amides is 2. The van der Waals surface area contributed by atoms with Gasteiger partial charge in [-0.3, -0.25) is 23.7 Å². The summed E-state index contributed by atoms with van der Waals surface area (Å²) in [5.74, 6) is -1.92. The predicted molar refractivity (Wildman–Crippen MR) is 217 cm³/mol. The van der Waals surface area contributed by atoms with Gasteiger partial charge in [0.15, 0.2) is 10.6 Å². The summed E-state index contributed by atoms with van der Waals surface area (Å²) in [4.78, 5) is 50.0. The van der Waals surface area contributed by atoms with Gasteiger partial charge in [-0.1, -0.05) is 20.3 Å². The average molecular weight is 856 g/mol. The molecular weight excluding hydrogens is 803 g/mol. The smallest absolute Gasteiger partial charge is 0.333 e. The second-order valence-corrected chi connectivity index (χ2v) is 20.7. The van der Waals surface area contributed by atoms with Crippen LogP contribution in [0.3, 0.4) is 0 Å². The number of unbranched alkanes of at least 4 members (excludes halogenated alkanes) is 2. The van der Waals surface area contributed by atoms with Gasteiger partial charge in [-0.05, 0) is 94.9 Å². The number of carbonyl (C=O) groups is 3. The van der Waals surface area contributed by atoms with E-state index in [2.05, 4.69) is 37.1 Å². The van der Waals surface area contributed by atoms with E-state index < -0.39 is 55.5 Å². The SMILES string of the molecule is CC1CC(C)(C)Nc2c1cc1c(c2S(=O)(=O)O)Oc2cc3c(cc2=C1C1N(CCCCCC(=O)ON2C(=O)CCC2=O)C=CN1CCCS(=O)(=O)O)C(C)CC(C)(C)N=3. The Morgan fingerprint density at radius 3 is 2.19 bits per heavy atom. The molecule has 7 rings (SSSR count). The van der Waals surface area contributed by atoms with Crippen LogP contribution in [0.4, 0.5) is 5.69 Å². The minimum Gasteiger partial charge on any atom is -0.454 e. The van der Waals surface area contributed by atoms with E-state index in [1.807, 2.05) is 50.2 Å². The largest absolute Gasteiger partial charge is 0.454 e. The Bertz CT molecular complexity index is 2470. The first-order valence-electron chi connectivity index (χ1n) is 20.2. The second-order valence-electron chi connectivity index (χ2n) is 17.7. The van der Waals surface area contributed by atoms with E-state index in [1.165, 1.54) is 0 Å². The van der Waals surface area contributed by atoms with Crippen LogP contribution in [-0.4, -0.2) is 94.7 Å². The number of hydrogen-bond donors (Lipinski definition) is 3. The molecule has 0 aliphatic carbocycles. The first-order chi connectivity index (χ1) is 27.5. The van der Waals surface area contributed by atoms with Crippen LogP contribution >= 0.6 is 0 Å². The third-order valence-corrected chi connectivity index (χ3v) is 13.4. The highest BCUT2D eigenvalue weighted by Gasteiger charge is 2.42. The molecule has 18 heteroatoms. The summed E-state index contributed by atoms with van der Waals surface area (Å²) in [5, 5.41) is 5.32. The van der Waals surface area contributed by atoms with Crippen molar-refractivity contribution in [3.63, 3.8) is 0 Å². The van der Waals surface area contributed by atoms with E-state index in [0.29, 0.717) is 65.0 Å². The van der Waals surface area contributed by atoms with E-state index in [0.717, 1.165) is 17.3 Å². The van der Waals surface area contributed by atoms with Crippen molar-refractivity contribution in [2.24, 2.45) is 4.99 Å². The van der Waals surface area contributed by atoms with Crippen LogP contribution in [0.25, 0.3) is 5.57 Å². The van der Waals surface area contributed by atoms with Gasteiger partial charge in [0.05, 0.1) is 22.3 Å². The van der Waals surface area contributed by atoms with E-state index in [-0.39, 0.29) is 65.9 Å². The number of carbonyl (C=O) groups excluding carboxylic acids is 3. The molecule has 5 aliphatic heterocycles. The molecule has 16 nitrogen and oxygen atoms in total. The maximum Gasteiger partial charge on any atom is 0.333 e. The van der Waals surface area contributed by atoms with Crippen molar-refractivity contribution in [3.05, 3.63) is 57.9 Å². The second kappa shape index (κ2) is 15.5. The van der Waals surface area contributed by atoms with Crippen LogP contribution in [-0.2, 0) is 39.5 Å². The normalized spacial score (nSPS) is 22.9. The molecule has 0 spiro atoms. The summed E-state index contributed by atoms with van der Waals surface area (Å²) in [6, 6.07) is 5.82. The number of fused-ring (bicyclic) bond motifs is 4. The summed E-state index contributed by atoms with van der Waals surface area (Å²) in [6.07, 6.45) is 6.23. The Kier molecular flexibility index (Phi) is 11.2. The lowest BCUT2D eigenvalue weighted by Gasteiger charge is -2.41. The van der Waals surface area contributed by atoms with Crippen LogP contribution in [0.2, 0.25) is 0 Å². The predicted octanol–water partition coefficient (Wildman–Crippen LogP) is 4.70. The third kappa shape index (κ3) is 8.86. The van der Waals surface area contributed by atoms with Crippen LogP contribution in [0, 0.1) is 0 Å². The van der Waals surface area contributed by atoms with E-state index in [1.54, 1.807) is 0 Å². The zero-order valence-corrected chi connectivity index (χ0v) is 35.9. The highest BCUT2D eigenvalue weighted by Crippen LogP contribution is 2.51. The van der Waals surface area contributed by atoms with Gasteiger partial charge < -0.3 is 24.7 Å². The van der Waals surface area contributed by atoms with Crippen molar-refractivity contribution in [2.45, 2.75) is 133 Å². The fraction of sp³-hybridized carbons (Fsp3) is 0.561. The minimum atomic E-state index is -4.89. The third-order valence-electron chi connectivity index (χ3n) is 11.7. The van der Waals surface area contributed by atoms with Crippen molar-refractivity contribution in [3.8, 4) is 11.5 Å². The number of anilines is 1. The maximum atomic E-state index is 13.6. The molecule has 0 saturated carbocycles. The zero-order chi connectivity index (χ0) is 42.8. The molecule has 2 aromatic rings. The lowest BCUT2D eigenvalue weighted by Crippen LogP contribution is -2.45. The highest BCUT2D eigenvalue weighted by atomic mass is 32.2. The summed E-state index contributed by atoms with van der Waals surface area (Å²) < 4.78 is 78.1. The minimum absolute atomic E-state index is 0.00620. The van der Waals surface area contributed by atoms with Crippen molar-refractivity contribution >= 4 is 49.3 Å². The molecule has 2 aromatic carbocycles. The van der Waals surface area contributed by atoms with Gasteiger partial charge in [-0.25, -0.2) is 4.79 Å². The Labute approximate surface area is 344 Å². The number of hydrogen-bond acceptors (Lipinski definition) is 13. The number of benzene rings is 2. The van der Waals surface area contributed by atoms with Crippen molar-refractivity contribution in [2.75, 3.05) is 24.2 Å². The number of nitrogens with zero attached hydrogens (tertiary/aromatic N) is 4. The first kappa shape index (κ1) is 42.6. The summed E-state index contributed by atoms with van der Waals surface area (Å²) >= 11 is 0. The number of hydroxylamine groups is 2. The molecule has 1 saturated heterocycles. The molecule has 320 valence electrons. The Morgan fingerprint density at radius 2 is 1.54 bits per heavy atom. The molecule has 3 N–H and O–H groups in total. The van der Waals surface area contributed by atoms with Gasteiger partial charge in [0, 0.05) is 72.7 Å². The van der Waals surface area contributed by atoms with Crippen molar-refractivity contribution < 1.29 is 49.9 Å². The standard InChI is InChI=1S/C41H53N5O11S2/c1-24-22-40(3,4)42-30-21-31-28(19-26(24)30)35(29-20-27-25(2)23-41(5,6)43-36(27)38(37(29)56-31)59(53,54)55)39-44(16-17-45(39)15-10-18-58(50,51)52)14-9-7-8-11-34(49)57-46-32(47)12-13-33(46)48/h16-17,19-21,24-25,39,43H,7-15,18,22-23H2,1-6H3,(H,50,51,52)(H,53,54,55). The van der Waals surface area contributed by atoms with Crippen LogP contribution in [0.15, 0.2) is 40.5 Å². The Morgan fingerprint density at radius 1 is 0.898 bits per heavy atom. The van der Waals surface area contributed by atoms with Crippen LogP contribution < -0.4 is 20.6 Å². The molecule has 0 radical (unpaired) electrons. The highest BCUT2D eigenvalue weighted by molar-refractivity contribution is 7.86. The number of rotatable bonds is 13. The van der Waals surface area contributed by atoms with Gasteiger partial charge in [0.1, 0.15) is 11.9 Å². The quantitative estimate of drug-likeness (QED) is 0.142. The fourth-order valence-electron chi connectivity index (χ4n) is 9.35. The molecule has 2 amide bonds. The van der Waals surface area contributed by atoms with Crippen molar-refractivity contribution in [1.82, 2.24) is 14.9 Å². The van der Waals surface area contributed by atoms with Crippen LogP contribution in [0.1, 0.15) is 128 Å². The van der Waals surface area contributed by atoms with Gasteiger partial charge in [0.2, 0.25) is 0 Å². The summed E-state index contributed by atoms with van der Waals surface area (Å²) in [6.45, 7) is 12.9. The molecule has 5 aliphatic rings. The molecule has 3 unspecified atom stereocenters. The van der Waals surface area contributed by atoms with Crippen LogP contribution in [0.5, 0.6) is 11.5 Å². The van der Waals surface area contributed by atoms with Crippen molar-refractivity contribution in [1.29, 1.82) is 0 Å². The fourth-order valence-corrected chi connectivity index (χ4v) is 10.7. The number of nitrogens with one attached hydrogen (secondary N) is 1. The maximum absolute atomic E-state index is 13.6. The van der Waals surface area contributed by atoms with Gasteiger partial charge >= 0.3 is 5.97 Å². The number of imide groups is 1. The van der Waals surface area contributed by atoms with Gasteiger partial charge in [0.25, 0.3) is 32.1 Å².